The lowest BCUT2D eigenvalue weighted by molar-refractivity contribution is -0.167. The predicted octanol–water partition coefficient (Wildman–Crippen LogP) is 16.5. The van der Waals surface area contributed by atoms with Gasteiger partial charge >= 0.3 is 17.9 Å². The highest BCUT2D eigenvalue weighted by atomic mass is 16.6. The summed E-state index contributed by atoms with van der Waals surface area (Å²) in [6.45, 7) is 11.3. The molecule has 0 amide bonds. The highest BCUT2D eigenvalue weighted by Crippen LogP contribution is 2.17. The van der Waals surface area contributed by atoms with E-state index in [0.717, 1.165) is 69.6 Å². The van der Waals surface area contributed by atoms with Crippen LogP contribution in [-0.2, 0) is 28.6 Å². The molecule has 1 atom stereocenters. The zero-order valence-corrected chi connectivity index (χ0v) is 39.7. The second kappa shape index (κ2) is 44.9. The van der Waals surface area contributed by atoms with E-state index < -0.39 is 6.10 Å². The highest BCUT2D eigenvalue weighted by molar-refractivity contribution is 5.71. The molecule has 0 N–H and O–H groups in total. The van der Waals surface area contributed by atoms with Gasteiger partial charge in [0.2, 0.25) is 0 Å². The lowest BCUT2D eigenvalue weighted by atomic mass is 10.0. The van der Waals surface area contributed by atoms with Crippen molar-refractivity contribution in [2.45, 2.75) is 291 Å². The second-order valence-corrected chi connectivity index (χ2v) is 18.8. The summed E-state index contributed by atoms with van der Waals surface area (Å²) in [6, 6.07) is 0. The predicted molar refractivity (Wildman–Crippen MR) is 247 cm³/mol. The van der Waals surface area contributed by atoms with Gasteiger partial charge in [-0.05, 0) is 31.1 Å². The number of unbranched alkanes of at least 4 members (excludes halogenated alkanes) is 31. The molecule has 6 nitrogen and oxygen atoms in total. The first-order chi connectivity index (χ1) is 28.2. The summed E-state index contributed by atoms with van der Waals surface area (Å²) in [6.07, 6.45) is 45.3. The van der Waals surface area contributed by atoms with Gasteiger partial charge in [-0.15, -0.1) is 0 Å². The maximum atomic E-state index is 12.7. The van der Waals surface area contributed by atoms with Gasteiger partial charge in [0.15, 0.2) is 6.10 Å². The molecule has 344 valence electrons. The van der Waals surface area contributed by atoms with Crippen molar-refractivity contribution in [1.29, 1.82) is 0 Å². The summed E-state index contributed by atoms with van der Waals surface area (Å²) >= 11 is 0. The van der Waals surface area contributed by atoms with Crippen molar-refractivity contribution in [1.82, 2.24) is 0 Å². The van der Waals surface area contributed by atoms with Crippen LogP contribution in [0.2, 0.25) is 0 Å². The van der Waals surface area contributed by atoms with E-state index in [1.165, 1.54) is 173 Å². The number of rotatable bonds is 46. The van der Waals surface area contributed by atoms with Gasteiger partial charge < -0.3 is 14.2 Å². The van der Waals surface area contributed by atoms with E-state index in [-0.39, 0.29) is 31.1 Å². The van der Waals surface area contributed by atoms with E-state index in [1.54, 1.807) is 0 Å². The van der Waals surface area contributed by atoms with E-state index in [0.29, 0.717) is 19.3 Å². The molecule has 0 aromatic carbocycles. The Bertz CT molecular complexity index is 885. The SMILES string of the molecule is CCCCCCCCCCCCC(=O)O[C@@H](COC(=O)CCCCCCCCCCCCCCCCCCC(C)C)COC(=O)CCCCCCCCCCC(C)C. The van der Waals surface area contributed by atoms with E-state index in [9.17, 15) is 14.4 Å². The summed E-state index contributed by atoms with van der Waals surface area (Å²) < 4.78 is 16.8. The lowest BCUT2D eigenvalue weighted by Gasteiger charge is -2.18. The van der Waals surface area contributed by atoms with Crippen LogP contribution < -0.4 is 0 Å². The Morgan fingerprint density at radius 1 is 0.328 bits per heavy atom. The minimum Gasteiger partial charge on any atom is -0.462 e. The zero-order chi connectivity index (χ0) is 42.6. The van der Waals surface area contributed by atoms with Gasteiger partial charge in [0.25, 0.3) is 0 Å². The van der Waals surface area contributed by atoms with Crippen LogP contribution in [0.5, 0.6) is 0 Å². The molecule has 0 aliphatic carbocycles. The third kappa shape index (κ3) is 45.5. The molecule has 0 aliphatic rings. The van der Waals surface area contributed by atoms with E-state index >= 15 is 0 Å². The molecule has 0 aliphatic heterocycles. The first-order valence-electron chi connectivity index (χ1n) is 25.7. The maximum absolute atomic E-state index is 12.7. The average Bonchev–Trinajstić information content (AvgIpc) is 3.19. The topological polar surface area (TPSA) is 78.9 Å². The molecule has 0 aromatic heterocycles. The highest BCUT2D eigenvalue weighted by Gasteiger charge is 2.19. The average molecular weight is 821 g/mol. The summed E-state index contributed by atoms with van der Waals surface area (Å²) in [7, 11) is 0. The molecule has 0 aromatic rings. The quantitative estimate of drug-likeness (QED) is 0.0346. The number of hydrogen-bond acceptors (Lipinski definition) is 6. The van der Waals surface area contributed by atoms with Crippen molar-refractivity contribution < 1.29 is 28.6 Å². The van der Waals surface area contributed by atoms with E-state index in [1.807, 2.05) is 0 Å². The molecule has 0 heterocycles. The van der Waals surface area contributed by atoms with E-state index in [4.69, 9.17) is 14.2 Å². The Labute approximate surface area is 361 Å². The Hall–Kier alpha value is -1.59. The fourth-order valence-corrected chi connectivity index (χ4v) is 7.81. The van der Waals surface area contributed by atoms with Gasteiger partial charge in [0, 0.05) is 19.3 Å². The summed E-state index contributed by atoms with van der Waals surface area (Å²) in [5, 5.41) is 0. The van der Waals surface area contributed by atoms with Crippen molar-refractivity contribution in [3.8, 4) is 0 Å². The molecule has 0 saturated carbocycles. The Kier molecular flexibility index (Phi) is 43.7. The third-order valence-corrected chi connectivity index (χ3v) is 11.7. The molecule has 58 heavy (non-hydrogen) atoms. The van der Waals surface area contributed by atoms with Crippen molar-refractivity contribution >= 4 is 17.9 Å². The lowest BCUT2D eigenvalue weighted by Crippen LogP contribution is -2.30. The van der Waals surface area contributed by atoms with Crippen molar-refractivity contribution in [3.05, 3.63) is 0 Å². The van der Waals surface area contributed by atoms with Crippen LogP contribution in [0, 0.1) is 11.8 Å². The molecule has 0 radical (unpaired) electrons. The van der Waals surface area contributed by atoms with Gasteiger partial charge in [0.1, 0.15) is 13.2 Å². The molecular weight excluding hydrogens is 721 g/mol. The fraction of sp³-hybridized carbons (Fsp3) is 0.942. The minimum absolute atomic E-state index is 0.0640. The van der Waals surface area contributed by atoms with Crippen LogP contribution in [0.3, 0.4) is 0 Å². The Morgan fingerprint density at radius 3 is 0.845 bits per heavy atom. The van der Waals surface area contributed by atoms with Crippen molar-refractivity contribution in [2.24, 2.45) is 11.8 Å². The van der Waals surface area contributed by atoms with Gasteiger partial charge in [-0.3, -0.25) is 14.4 Å². The molecular formula is C52H100O6. The standard InChI is InChI=1S/C52H100O6/c1-6-7-8-9-10-11-21-29-34-39-44-52(55)58-49(46-57-51(54)43-38-33-28-24-23-26-31-36-41-48(4)5)45-56-50(53)42-37-32-27-22-19-17-15-13-12-14-16-18-20-25-30-35-40-47(2)3/h47-49H,6-46H2,1-5H3/t49-/m0/s1. The Balaban J connectivity index is 4.21. The van der Waals surface area contributed by atoms with E-state index in [2.05, 4.69) is 34.6 Å². The first kappa shape index (κ1) is 56.4. The van der Waals surface area contributed by atoms with Crippen LogP contribution in [0.25, 0.3) is 0 Å². The number of hydrogen-bond donors (Lipinski definition) is 0. The smallest absolute Gasteiger partial charge is 0.306 e. The first-order valence-corrected chi connectivity index (χ1v) is 25.7. The molecule has 0 rings (SSSR count). The Morgan fingerprint density at radius 2 is 0.569 bits per heavy atom. The minimum atomic E-state index is -0.761. The van der Waals surface area contributed by atoms with Crippen LogP contribution in [0.1, 0.15) is 285 Å². The third-order valence-electron chi connectivity index (χ3n) is 11.7. The van der Waals surface area contributed by atoms with Crippen molar-refractivity contribution in [2.75, 3.05) is 13.2 Å². The van der Waals surface area contributed by atoms with Crippen molar-refractivity contribution in [3.63, 3.8) is 0 Å². The zero-order valence-electron chi connectivity index (χ0n) is 39.7. The molecule has 6 heteroatoms. The molecule has 0 spiro atoms. The molecule has 0 saturated heterocycles. The van der Waals surface area contributed by atoms with Crippen LogP contribution in [0.4, 0.5) is 0 Å². The van der Waals surface area contributed by atoms with Crippen LogP contribution in [0.15, 0.2) is 0 Å². The second-order valence-electron chi connectivity index (χ2n) is 18.8. The van der Waals surface area contributed by atoms with Gasteiger partial charge in [-0.2, -0.15) is 0 Å². The van der Waals surface area contributed by atoms with Crippen LogP contribution >= 0.6 is 0 Å². The normalized spacial score (nSPS) is 12.1. The monoisotopic (exact) mass is 821 g/mol. The molecule has 0 fully saturated rings. The largest absolute Gasteiger partial charge is 0.462 e. The maximum Gasteiger partial charge on any atom is 0.306 e. The summed E-state index contributed by atoms with van der Waals surface area (Å²) in [5.41, 5.74) is 0. The summed E-state index contributed by atoms with van der Waals surface area (Å²) in [5.74, 6) is 0.798. The van der Waals surface area contributed by atoms with Gasteiger partial charge in [-0.1, -0.05) is 247 Å². The fourth-order valence-electron chi connectivity index (χ4n) is 7.81. The number of carbonyl (C=O) groups is 3. The number of ether oxygens (including phenoxy) is 3. The van der Waals surface area contributed by atoms with Crippen LogP contribution in [-0.4, -0.2) is 37.2 Å². The van der Waals surface area contributed by atoms with Gasteiger partial charge in [0.05, 0.1) is 0 Å². The van der Waals surface area contributed by atoms with Gasteiger partial charge in [-0.25, -0.2) is 0 Å². The summed E-state index contributed by atoms with van der Waals surface area (Å²) in [4.78, 5) is 37.8. The molecule has 0 unspecified atom stereocenters. The molecule has 0 bridgehead atoms. The number of carbonyl (C=O) groups excluding carboxylic acids is 3. The number of esters is 3.